The lowest BCUT2D eigenvalue weighted by Gasteiger charge is -2.19. The van der Waals surface area contributed by atoms with Crippen molar-refractivity contribution in [1.82, 2.24) is 9.55 Å². The van der Waals surface area contributed by atoms with Gasteiger partial charge >= 0.3 is 5.97 Å². The van der Waals surface area contributed by atoms with Gasteiger partial charge in [0.25, 0.3) is 0 Å². The summed E-state index contributed by atoms with van der Waals surface area (Å²) in [6.45, 7) is 6.59. The number of carboxylic acid groups (broad SMARTS) is 1. The van der Waals surface area contributed by atoms with Crippen LogP contribution >= 0.6 is 0 Å². The van der Waals surface area contributed by atoms with Gasteiger partial charge < -0.3 is 9.67 Å². The van der Waals surface area contributed by atoms with Gasteiger partial charge in [0.1, 0.15) is 5.82 Å². The van der Waals surface area contributed by atoms with Crippen molar-refractivity contribution in [3.05, 3.63) is 17.2 Å². The summed E-state index contributed by atoms with van der Waals surface area (Å²) in [5.74, 6) is 0.136. The van der Waals surface area contributed by atoms with Crippen molar-refractivity contribution in [3.8, 4) is 0 Å². The van der Waals surface area contributed by atoms with E-state index in [4.69, 9.17) is 5.11 Å². The molecule has 0 saturated heterocycles. The normalized spacial score (nSPS) is 19.7. The van der Waals surface area contributed by atoms with Crippen molar-refractivity contribution in [1.29, 1.82) is 0 Å². The van der Waals surface area contributed by atoms with Crippen LogP contribution in [0, 0.1) is 11.3 Å². The minimum Gasteiger partial charge on any atom is -0.481 e. The molecule has 0 bridgehead atoms. The summed E-state index contributed by atoms with van der Waals surface area (Å²) in [5.41, 5.74) is 2.43. The Kier molecular flexibility index (Phi) is 3.21. The van der Waals surface area contributed by atoms with Crippen molar-refractivity contribution in [2.45, 2.75) is 46.5 Å². The first-order valence-electron chi connectivity index (χ1n) is 6.54. The summed E-state index contributed by atoms with van der Waals surface area (Å²) in [5, 5.41) is 9.09. The molecule has 0 radical (unpaired) electrons. The molecule has 0 aliphatic heterocycles. The van der Waals surface area contributed by atoms with E-state index >= 15 is 0 Å². The third kappa shape index (κ3) is 2.57. The van der Waals surface area contributed by atoms with Crippen molar-refractivity contribution in [2.75, 3.05) is 0 Å². The van der Waals surface area contributed by atoms with Crippen LogP contribution in [0.1, 0.15) is 44.4 Å². The molecule has 100 valence electrons. The molecule has 1 aromatic rings. The highest BCUT2D eigenvalue weighted by molar-refractivity contribution is 5.70. The molecule has 0 saturated carbocycles. The van der Waals surface area contributed by atoms with Gasteiger partial charge in [0.05, 0.1) is 11.6 Å². The summed E-state index contributed by atoms with van der Waals surface area (Å²) >= 11 is 0. The van der Waals surface area contributed by atoms with Gasteiger partial charge in [-0.3, -0.25) is 4.79 Å². The highest BCUT2D eigenvalue weighted by Crippen LogP contribution is 2.28. The van der Waals surface area contributed by atoms with Gasteiger partial charge in [-0.15, -0.1) is 0 Å². The number of carbonyl (C=O) groups is 1. The number of rotatable bonds is 2. The Bertz CT molecular complexity index is 469. The van der Waals surface area contributed by atoms with Crippen LogP contribution in [-0.2, 0) is 31.1 Å². The number of imidazole rings is 1. The summed E-state index contributed by atoms with van der Waals surface area (Å²) in [6, 6.07) is 0. The number of fused-ring (bicyclic) bond motifs is 1. The van der Waals surface area contributed by atoms with Crippen LogP contribution in [0.15, 0.2) is 0 Å². The fourth-order valence-corrected chi connectivity index (χ4v) is 2.61. The van der Waals surface area contributed by atoms with E-state index in [2.05, 4.69) is 30.3 Å². The van der Waals surface area contributed by atoms with E-state index in [9.17, 15) is 4.79 Å². The number of aromatic nitrogens is 2. The molecule has 1 unspecified atom stereocenters. The number of aliphatic carboxylic acids is 1. The molecule has 1 aliphatic carbocycles. The third-order valence-electron chi connectivity index (χ3n) is 3.60. The van der Waals surface area contributed by atoms with Crippen LogP contribution in [0.25, 0.3) is 0 Å². The highest BCUT2D eigenvalue weighted by Gasteiger charge is 2.29. The predicted octanol–water partition coefficient (Wildman–Crippen LogP) is 2.20. The molecule has 4 nitrogen and oxygen atoms in total. The zero-order chi connectivity index (χ0) is 13.5. The Morgan fingerprint density at radius 2 is 2.17 bits per heavy atom. The molecule has 0 fully saturated rings. The standard InChI is InChI=1S/C14H22N2O2/c1-14(2,3)8-12-15-10-7-9(13(17)18)5-6-11(10)16(12)4/h9H,5-8H2,1-4H3,(H,17,18). The third-order valence-corrected chi connectivity index (χ3v) is 3.60. The lowest BCUT2D eigenvalue weighted by atomic mass is 9.90. The zero-order valence-electron chi connectivity index (χ0n) is 11.7. The maximum absolute atomic E-state index is 11.1. The van der Waals surface area contributed by atoms with Crippen LogP contribution in [0.4, 0.5) is 0 Å². The molecule has 0 amide bonds. The molecule has 2 rings (SSSR count). The Balaban J connectivity index is 2.26. The largest absolute Gasteiger partial charge is 0.481 e. The molecule has 1 atom stereocenters. The first-order valence-corrected chi connectivity index (χ1v) is 6.54. The summed E-state index contributed by atoms with van der Waals surface area (Å²) < 4.78 is 2.17. The molecule has 1 N–H and O–H groups in total. The quantitative estimate of drug-likeness (QED) is 0.875. The van der Waals surface area contributed by atoms with Gasteiger partial charge in [-0.2, -0.15) is 0 Å². The summed E-state index contributed by atoms with van der Waals surface area (Å²) in [7, 11) is 2.05. The first-order chi connectivity index (χ1) is 8.28. The van der Waals surface area contributed by atoms with Crippen LogP contribution in [0.3, 0.4) is 0 Å². The minimum atomic E-state index is -0.691. The Morgan fingerprint density at radius 3 is 2.72 bits per heavy atom. The maximum Gasteiger partial charge on any atom is 0.306 e. The predicted molar refractivity (Wildman–Crippen MR) is 69.5 cm³/mol. The van der Waals surface area contributed by atoms with Crippen molar-refractivity contribution in [3.63, 3.8) is 0 Å². The van der Waals surface area contributed by atoms with E-state index in [-0.39, 0.29) is 11.3 Å². The number of carboxylic acids is 1. The number of nitrogens with zero attached hydrogens (tertiary/aromatic N) is 2. The molecule has 0 aromatic carbocycles. The van der Waals surface area contributed by atoms with Gasteiger partial charge in [0.15, 0.2) is 0 Å². The molecular weight excluding hydrogens is 228 g/mol. The molecular formula is C14H22N2O2. The van der Waals surface area contributed by atoms with Crippen LogP contribution in [-0.4, -0.2) is 20.6 Å². The van der Waals surface area contributed by atoms with E-state index in [1.165, 1.54) is 5.69 Å². The van der Waals surface area contributed by atoms with Crippen LogP contribution in [0.5, 0.6) is 0 Å². The lowest BCUT2D eigenvalue weighted by Crippen LogP contribution is -2.22. The van der Waals surface area contributed by atoms with E-state index < -0.39 is 5.97 Å². The van der Waals surface area contributed by atoms with Crippen molar-refractivity contribution < 1.29 is 9.90 Å². The Morgan fingerprint density at radius 1 is 1.50 bits per heavy atom. The second-order valence-corrected chi connectivity index (χ2v) is 6.50. The fourth-order valence-electron chi connectivity index (χ4n) is 2.61. The molecule has 4 heteroatoms. The maximum atomic E-state index is 11.1. The molecule has 1 aromatic heterocycles. The summed E-state index contributed by atoms with van der Waals surface area (Å²) in [4.78, 5) is 15.7. The minimum absolute atomic E-state index is 0.202. The Hall–Kier alpha value is -1.32. The smallest absolute Gasteiger partial charge is 0.306 e. The monoisotopic (exact) mass is 250 g/mol. The van der Waals surface area contributed by atoms with Gasteiger partial charge in [-0.25, -0.2) is 4.98 Å². The molecule has 1 heterocycles. The van der Waals surface area contributed by atoms with Gasteiger partial charge in [-0.1, -0.05) is 20.8 Å². The van der Waals surface area contributed by atoms with Crippen molar-refractivity contribution in [2.24, 2.45) is 18.4 Å². The lowest BCUT2D eigenvalue weighted by molar-refractivity contribution is -0.142. The topological polar surface area (TPSA) is 55.1 Å². The second-order valence-electron chi connectivity index (χ2n) is 6.50. The van der Waals surface area contributed by atoms with E-state index in [1.54, 1.807) is 0 Å². The average molecular weight is 250 g/mol. The fraction of sp³-hybridized carbons (Fsp3) is 0.714. The molecule has 18 heavy (non-hydrogen) atoms. The average Bonchev–Trinajstić information content (AvgIpc) is 2.53. The molecule has 0 spiro atoms. The number of hydrogen-bond donors (Lipinski definition) is 1. The SMILES string of the molecule is Cn1c(CC(C)(C)C)nc2c1CCC(C(=O)O)C2. The van der Waals surface area contributed by atoms with Crippen LogP contribution in [0.2, 0.25) is 0 Å². The first kappa shape index (κ1) is 13.1. The van der Waals surface area contributed by atoms with Gasteiger partial charge in [0.2, 0.25) is 0 Å². The van der Waals surface area contributed by atoms with Crippen LogP contribution < -0.4 is 0 Å². The van der Waals surface area contributed by atoms with Gasteiger partial charge in [-0.05, 0) is 18.3 Å². The van der Waals surface area contributed by atoms with E-state index in [0.717, 1.165) is 30.8 Å². The van der Waals surface area contributed by atoms with E-state index in [1.807, 2.05) is 7.05 Å². The molecule has 1 aliphatic rings. The highest BCUT2D eigenvalue weighted by atomic mass is 16.4. The van der Waals surface area contributed by atoms with Gasteiger partial charge in [0, 0.05) is 25.6 Å². The Labute approximate surface area is 108 Å². The van der Waals surface area contributed by atoms with E-state index in [0.29, 0.717) is 6.42 Å². The zero-order valence-corrected chi connectivity index (χ0v) is 11.7. The second kappa shape index (κ2) is 4.41. The number of hydrogen-bond acceptors (Lipinski definition) is 2. The summed E-state index contributed by atoms with van der Waals surface area (Å²) in [6.07, 6.45) is 3.08. The van der Waals surface area contributed by atoms with Crippen molar-refractivity contribution >= 4 is 5.97 Å².